The largest absolute Gasteiger partial charge is 0.488 e. The molecule has 0 bridgehead atoms. The summed E-state index contributed by atoms with van der Waals surface area (Å²) in [5.41, 5.74) is 6.38. The number of benzene rings is 8. The van der Waals surface area contributed by atoms with Crippen LogP contribution in [0.5, 0.6) is 0 Å². The van der Waals surface area contributed by atoms with Crippen LogP contribution in [-0.4, -0.2) is 47.1 Å². The summed E-state index contributed by atoms with van der Waals surface area (Å²) < 4.78 is 29.3. The fourth-order valence-electron chi connectivity index (χ4n) is 6.66. The molecule has 0 amide bonds. The van der Waals surface area contributed by atoms with Crippen molar-refractivity contribution in [3.8, 4) is 79.5 Å². The molecule has 8 aromatic carbocycles. The van der Waals surface area contributed by atoms with Crippen LogP contribution in [0.25, 0.3) is 79.5 Å². The highest BCUT2D eigenvalue weighted by molar-refractivity contribution is 6.58. The Labute approximate surface area is 385 Å². The summed E-state index contributed by atoms with van der Waals surface area (Å²) in [5, 5.41) is 17.6. The van der Waals surface area contributed by atoms with Crippen LogP contribution in [0.3, 0.4) is 0 Å². The van der Waals surface area contributed by atoms with Crippen LogP contribution in [0, 0.1) is 11.6 Å². The van der Waals surface area contributed by atoms with E-state index in [1.807, 2.05) is 158 Å². The Hall–Kier alpha value is -8.09. The van der Waals surface area contributed by atoms with Crippen molar-refractivity contribution in [2.45, 2.75) is 0 Å². The van der Waals surface area contributed by atoms with Crippen LogP contribution >= 0.6 is 11.6 Å². The summed E-state index contributed by atoms with van der Waals surface area (Å²) in [6.45, 7) is 0. The Balaban J connectivity index is 0.000000153. The molecule has 10 aromatic rings. The van der Waals surface area contributed by atoms with Gasteiger partial charge in [-0.25, -0.2) is 38.7 Å². The Morgan fingerprint density at radius 1 is 0.318 bits per heavy atom. The van der Waals surface area contributed by atoms with E-state index in [-0.39, 0.29) is 17.2 Å². The minimum Gasteiger partial charge on any atom is -0.423 e. The van der Waals surface area contributed by atoms with Crippen LogP contribution < -0.4 is 5.46 Å². The van der Waals surface area contributed by atoms with Crippen LogP contribution in [0.15, 0.2) is 218 Å². The van der Waals surface area contributed by atoms with Crippen molar-refractivity contribution in [2.24, 2.45) is 0 Å². The highest BCUT2D eigenvalue weighted by Gasteiger charge is 2.17. The summed E-state index contributed by atoms with van der Waals surface area (Å²) >= 11 is 6.04. The van der Waals surface area contributed by atoms with Crippen molar-refractivity contribution in [2.75, 3.05) is 0 Å². The molecule has 320 valence electrons. The Morgan fingerprint density at radius 2 is 0.621 bits per heavy atom. The van der Waals surface area contributed by atoms with Crippen molar-refractivity contribution >= 4 is 24.2 Å². The van der Waals surface area contributed by atoms with E-state index < -0.39 is 12.9 Å². The molecule has 12 heteroatoms. The lowest BCUT2D eigenvalue weighted by molar-refractivity contribution is 0.426. The van der Waals surface area contributed by atoms with Gasteiger partial charge in [0, 0.05) is 27.3 Å². The van der Waals surface area contributed by atoms with Gasteiger partial charge in [0.15, 0.2) is 34.9 Å². The maximum Gasteiger partial charge on any atom is 0.488 e. The molecule has 0 aliphatic heterocycles. The van der Waals surface area contributed by atoms with Crippen molar-refractivity contribution in [3.63, 3.8) is 0 Å². The third kappa shape index (κ3) is 11.3. The van der Waals surface area contributed by atoms with Gasteiger partial charge >= 0.3 is 7.12 Å². The third-order valence-electron chi connectivity index (χ3n) is 9.98. The van der Waals surface area contributed by atoms with Gasteiger partial charge in [0.2, 0.25) is 0 Å². The second-order valence-electron chi connectivity index (χ2n) is 14.5. The number of nitrogens with zero attached hydrogens (tertiary/aromatic N) is 6. The molecule has 2 N–H and O–H groups in total. The smallest absolute Gasteiger partial charge is 0.423 e. The first-order chi connectivity index (χ1) is 32.3. The molecular weight excluding hydrogens is 849 g/mol. The molecule has 0 atom stereocenters. The predicted octanol–water partition coefficient (Wildman–Crippen LogP) is 11.7. The SMILES string of the molecule is Fc1ccc(-c2ccccc2)cc1-c1nc(-c2ccccc2)nc(-c2ccccc2)n1.Fc1ccc(Cl)cc1-c1nc(-c2ccccc2)nc(-c2ccccc2)n1.OB(O)c1ccccc1. The summed E-state index contributed by atoms with van der Waals surface area (Å²) in [5.74, 6) is 1.73. The van der Waals surface area contributed by atoms with E-state index in [2.05, 4.69) is 29.9 Å². The van der Waals surface area contributed by atoms with Crippen LogP contribution in [-0.2, 0) is 0 Å². The van der Waals surface area contributed by atoms with Crippen molar-refractivity contribution in [1.29, 1.82) is 0 Å². The molecule has 2 aromatic heterocycles. The van der Waals surface area contributed by atoms with Gasteiger partial charge in [-0.05, 0) is 46.9 Å². The van der Waals surface area contributed by atoms with Gasteiger partial charge in [0.25, 0.3) is 0 Å². The van der Waals surface area contributed by atoms with E-state index in [0.717, 1.165) is 33.4 Å². The number of hydrogen-bond donors (Lipinski definition) is 2. The molecule has 0 unspecified atom stereocenters. The van der Waals surface area contributed by atoms with Gasteiger partial charge in [0.05, 0.1) is 11.1 Å². The minimum atomic E-state index is -1.34. The fraction of sp³-hybridized carbons (Fsp3) is 0. The van der Waals surface area contributed by atoms with Gasteiger partial charge in [-0.15, -0.1) is 0 Å². The topological polar surface area (TPSA) is 118 Å². The number of hydrogen-bond acceptors (Lipinski definition) is 8. The van der Waals surface area contributed by atoms with Crippen LogP contribution in [0.4, 0.5) is 8.78 Å². The zero-order valence-electron chi connectivity index (χ0n) is 35.1. The molecule has 0 saturated heterocycles. The summed E-state index contributed by atoms with van der Waals surface area (Å²) in [7, 11) is -1.34. The molecule has 66 heavy (non-hydrogen) atoms. The molecule has 2 heterocycles. The average molecular weight is 887 g/mol. The molecular formula is C54H38BClF2N6O2. The van der Waals surface area contributed by atoms with Gasteiger partial charge in [-0.3, -0.25) is 0 Å². The first-order valence-electron chi connectivity index (χ1n) is 20.7. The Morgan fingerprint density at radius 3 is 0.970 bits per heavy atom. The van der Waals surface area contributed by atoms with Gasteiger partial charge in [-0.1, -0.05) is 200 Å². The summed E-state index contributed by atoms with van der Waals surface area (Å²) in [6, 6.07) is 66.3. The lowest BCUT2D eigenvalue weighted by atomic mass is 9.81. The van der Waals surface area contributed by atoms with Crippen molar-refractivity contribution in [1.82, 2.24) is 29.9 Å². The molecule has 8 nitrogen and oxygen atoms in total. The van der Waals surface area contributed by atoms with Crippen LogP contribution in [0.2, 0.25) is 5.02 Å². The van der Waals surface area contributed by atoms with E-state index >= 15 is 0 Å². The van der Waals surface area contributed by atoms with E-state index in [4.69, 9.17) is 21.6 Å². The predicted molar refractivity (Wildman–Crippen MR) is 259 cm³/mol. The van der Waals surface area contributed by atoms with Crippen molar-refractivity contribution < 1.29 is 18.8 Å². The molecule has 0 saturated carbocycles. The first-order valence-corrected chi connectivity index (χ1v) is 21.1. The third-order valence-corrected chi connectivity index (χ3v) is 10.2. The summed E-state index contributed by atoms with van der Waals surface area (Å²) in [6.07, 6.45) is 0. The number of halogens is 3. The molecule has 0 radical (unpaired) electrons. The maximum absolute atomic E-state index is 14.9. The number of aromatic nitrogens is 6. The standard InChI is InChI=1S/C27H18FN3.C21H13ClFN3.C6H7BO2/c28-24-17-16-22(19-10-4-1-5-11-19)18-23(24)27-30-25(20-12-6-2-7-13-20)29-26(31-27)21-14-8-3-9-15-21;22-16-11-12-18(23)17(13-16)21-25-19(14-7-3-1-4-8-14)24-20(26-21)15-9-5-2-6-10-15;8-7(9)6-4-2-1-3-5-6/h1-18H;1-13H;1-5,8-9H. The molecule has 0 aliphatic carbocycles. The fourth-order valence-corrected chi connectivity index (χ4v) is 6.83. The maximum atomic E-state index is 14.9. The highest BCUT2D eigenvalue weighted by atomic mass is 35.5. The van der Waals surface area contributed by atoms with E-state index in [0.29, 0.717) is 45.2 Å². The normalized spacial score (nSPS) is 10.5. The molecule has 0 aliphatic rings. The van der Waals surface area contributed by atoms with Crippen LogP contribution in [0.1, 0.15) is 0 Å². The number of rotatable bonds is 8. The Bertz CT molecular complexity index is 3030. The second-order valence-corrected chi connectivity index (χ2v) is 15.0. The van der Waals surface area contributed by atoms with E-state index in [1.165, 1.54) is 24.3 Å². The quantitative estimate of drug-likeness (QED) is 0.145. The zero-order valence-corrected chi connectivity index (χ0v) is 35.8. The monoisotopic (exact) mass is 886 g/mol. The molecule has 10 rings (SSSR count). The lowest BCUT2D eigenvalue weighted by Gasteiger charge is -2.10. The lowest BCUT2D eigenvalue weighted by Crippen LogP contribution is -2.29. The van der Waals surface area contributed by atoms with Crippen molar-refractivity contribution in [3.05, 3.63) is 235 Å². The van der Waals surface area contributed by atoms with E-state index in [1.54, 1.807) is 36.4 Å². The first kappa shape index (κ1) is 44.5. The summed E-state index contributed by atoms with van der Waals surface area (Å²) in [4.78, 5) is 27.5. The zero-order chi connectivity index (χ0) is 45.7. The van der Waals surface area contributed by atoms with Gasteiger partial charge in [0.1, 0.15) is 11.6 Å². The molecule has 0 spiro atoms. The Kier molecular flexibility index (Phi) is 14.5. The second kappa shape index (κ2) is 21.5. The van der Waals surface area contributed by atoms with Gasteiger partial charge in [-0.2, -0.15) is 0 Å². The molecule has 0 fully saturated rings. The van der Waals surface area contributed by atoms with Gasteiger partial charge < -0.3 is 10.0 Å². The average Bonchev–Trinajstić information content (AvgIpc) is 3.39. The minimum absolute atomic E-state index is 0.245. The highest BCUT2D eigenvalue weighted by Crippen LogP contribution is 2.31. The van der Waals surface area contributed by atoms with E-state index in [9.17, 15) is 8.78 Å².